The normalized spacial score (nSPS) is 11.7. The van der Waals surface area contributed by atoms with Crippen LogP contribution in [0.5, 0.6) is 0 Å². The Labute approximate surface area is 112 Å². The summed E-state index contributed by atoms with van der Waals surface area (Å²) in [6, 6.07) is 9.58. The summed E-state index contributed by atoms with van der Waals surface area (Å²) in [4.78, 5) is 22.9. The third-order valence-corrected chi connectivity index (χ3v) is 2.90. The zero-order valence-corrected chi connectivity index (χ0v) is 11.0. The number of hydrogen-bond acceptors (Lipinski definition) is 2. The predicted molar refractivity (Wildman–Crippen MR) is 71.2 cm³/mol. The molecule has 0 aromatic heterocycles. The standard InChI is InChI=1S/C13H17ClN2O2/c1-10(7-14)13(18)16-9-12(17)15-8-11-5-3-2-4-6-11/h2-6,10H,7-9H2,1H3,(H,15,17)(H,16,18). The molecule has 0 aliphatic rings. The molecule has 5 heteroatoms. The molecule has 18 heavy (non-hydrogen) atoms. The van der Waals surface area contributed by atoms with Gasteiger partial charge in [0.25, 0.3) is 0 Å². The first kappa shape index (κ1) is 14.5. The van der Waals surface area contributed by atoms with E-state index in [2.05, 4.69) is 10.6 Å². The van der Waals surface area contributed by atoms with Crippen LogP contribution in [0.1, 0.15) is 12.5 Å². The Morgan fingerprint density at radius 3 is 2.50 bits per heavy atom. The number of carbonyl (C=O) groups excluding carboxylic acids is 2. The molecule has 98 valence electrons. The maximum Gasteiger partial charge on any atom is 0.239 e. The molecule has 1 aromatic carbocycles. The third-order valence-electron chi connectivity index (χ3n) is 2.43. The quantitative estimate of drug-likeness (QED) is 0.764. The molecular weight excluding hydrogens is 252 g/mol. The molecule has 0 saturated carbocycles. The van der Waals surface area contributed by atoms with Crippen LogP contribution in [0.2, 0.25) is 0 Å². The molecular formula is C13H17ClN2O2. The minimum absolute atomic E-state index is 0.0209. The number of hydrogen-bond donors (Lipinski definition) is 2. The Hall–Kier alpha value is -1.55. The highest BCUT2D eigenvalue weighted by atomic mass is 35.5. The van der Waals surface area contributed by atoms with E-state index in [1.165, 1.54) is 0 Å². The van der Waals surface area contributed by atoms with Gasteiger partial charge in [-0.1, -0.05) is 37.3 Å². The Balaban J connectivity index is 2.24. The molecule has 0 aliphatic heterocycles. The lowest BCUT2D eigenvalue weighted by molar-refractivity contribution is -0.127. The van der Waals surface area contributed by atoms with Crippen LogP contribution in [-0.2, 0) is 16.1 Å². The van der Waals surface area contributed by atoms with Gasteiger partial charge in [0.1, 0.15) is 0 Å². The summed E-state index contributed by atoms with van der Waals surface area (Å²) in [5, 5.41) is 5.26. The monoisotopic (exact) mass is 268 g/mol. The number of halogens is 1. The molecule has 0 fully saturated rings. The van der Waals surface area contributed by atoms with E-state index in [0.29, 0.717) is 6.54 Å². The Kier molecular flexibility index (Phi) is 6.22. The van der Waals surface area contributed by atoms with Crippen LogP contribution in [0.25, 0.3) is 0 Å². The van der Waals surface area contributed by atoms with Crippen molar-refractivity contribution in [3.05, 3.63) is 35.9 Å². The predicted octanol–water partition coefficient (Wildman–Crippen LogP) is 1.29. The van der Waals surface area contributed by atoms with Crippen LogP contribution in [0.4, 0.5) is 0 Å². The van der Waals surface area contributed by atoms with Crippen LogP contribution in [0.15, 0.2) is 30.3 Å². The fourth-order valence-corrected chi connectivity index (χ4v) is 1.41. The van der Waals surface area contributed by atoms with Gasteiger partial charge in [-0.25, -0.2) is 0 Å². The number of amides is 2. The van der Waals surface area contributed by atoms with Crippen molar-refractivity contribution < 1.29 is 9.59 Å². The lowest BCUT2D eigenvalue weighted by Crippen LogP contribution is -2.39. The van der Waals surface area contributed by atoms with Crippen molar-refractivity contribution in [3.63, 3.8) is 0 Å². The lowest BCUT2D eigenvalue weighted by Gasteiger charge is -2.09. The van der Waals surface area contributed by atoms with Crippen molar-refractivity contribution in [1.29, 1.82) is 0 Å². The van der Waals surface area contributed by atoms with Gasteiger partial charge >= 0.3 is 0 Å². The van der Waals surface area contributed by atoms with Crippen LogP contribution in [-0.4, -0.2) is 24.2 Å². The van der Waals surface area contributed by atoms with Gasteiger partial charge in [-0.3, -0.25) is 9.59 Å². The molecule has 0 saturated heterocycles. The summed E-state index contributed by atoms with van der Waals surface area (Å²) in [6.07, 6.45) is 0. The molecule has 0 bridgehead atoms. The summed E-state index contributed by atoms with van der Waals surface area (Å²) >= 11 is 5.54. The minimum Gasteiger partial charge on any atom is -0.350 e. The van der Waals surface area contributed by atoms with Gasteiger partial charge in [0.15, 0.2) is 0 Å². The van der Waals surface area contributed by atoms with Gasteiger partial charge in [-0.05, 0) is 5.56 Å². The smallest absolute Gasteiger partial charge is 0.239 e. The zero-order chi connectivity index (χ0) is 13.4. The molecule has 1 rings (SSSR count). The van der Waals surface area contributed by atoms with Crippen molar-refractivity contribution in [2.24, 2.45) is 5.92 Å². The zero-order valence-electron chi connectivity index (χ0n) is 10.3. The molecule has 2 N–H and O–H groups in total. The first-order chi connectivity index (χ1) is 8.63. The van der Waals surface area contributed by atoms with E-state index in [4.69, 9.17) is 11.6 Å². The molecule has 0 aliphatic carbocycles. The van der Waals surface area contributed by atoms with Gasteiger partial charge in [-0.15, -0.1) is 11.6 Å². The molecule has 0 heterocycles. The van der Waals surface area contributed by atoms with E-state index in [-0.39, 0.29) is 30.2 Å². The highest BCUT2D eigenvalue weighted by Crippen LogP contribution is 1.98. The summed E-state index contributed by atoms with van der Waals surface area (Å²) in [7, 11) is 0. The van der Waals surface area contributed by atoms with Gasteiger partial charge in [0.05, 0.1) is 6.54 Å². The Bertz CT molecular complexity index is 395. The van der Waals surface area contributed by atoms with Crippen molar-refractivity contribution in [2.45, 2.75) is 13.5 Å². The van der Waals surface area contributed by atoms with Crippen LogP contribution in [0, 0.1) is 5.92 Å². The summed E-state index contributed by atoms with van der Waals surface area (Å²) in [5.41, 5.74) is 1.02. The van der Waals surface area contributed by atoms with Gasteiger partial charge in [-0.2, -0.15) is 0 Å². The first-order valence-electron chi connectivity index (χ1n) is 5.77. The third kappa shape index (κ3) is 5.19. The lowest BCUT2D eigenvalue weighted by atomic mass is 10.2. The number of carbonyl (C=O) groups is 2. The van der Waals surface area contributed by atoms with Gasteiger partial charge in [0.2, 0.25) is 11.8 Å². The summed E-state index contributed by atoms with van der Waals surface area (Å²) < 4.78 is 0. The summed E-state index contributed by atoms with van der Waals surface area (Å²) in [5.74, 6) is -0.459. The number of nitrogens with one attached hydrogen (secondary N) is 2. The fraction of sp³-hybridized carbons (Fsp3) is 0.385. The molecule has 1 aromatic rings. The van der Waals surface area contributed by atoms with E-state index < -0.39 is 0 Å². The van der Waals surface area contributed by atoms with E-state index in [0.717, 1.165) is 5.56 Å². The highest BCUT2D eigenvalue weighted by molar-refractivity contribution is 6.19. The van der Waals surface area contributed by atoms with Crippen molar-refractivity contribution in [1.82, 2.24) is 10.6 Å². The maximum atomic E-state index is 11.5. The Morgan fingerprint density at radius 2 is 1.89 bits per heavy atom. The van der Waals surface area contributed by atoms with Crippen molar-refractivity contribution in [2.75, 3.05) is 12.4 Å². The second kappa shape index (κ2) is 7.71. The average molecular weight is 269 g/mol. The SMILES string of the molecule is CC(CCl)C(=O)NCC(=O)NCc1ccccc1. The van der Waals surface area contributed by atoms with Crippen LogP contribution >= 0.6 is 11.6 Å². The molecule has 4 nitrogen and oxygen atoms in total. The topological polar surface area (TPSA) is 58.2 Å². The highest BCUT2D eigenvalue weighted by Gasteiger charge is 2.12. The fourth-order valence-electron chi connectivity index (χ4n) is 1.27. The second-order valence-corrected chi connectivity index (χ2v) is 4.34. The summed E-state index contributed by atoms with van der Waals surface area (Å²) in [6.45, 7) is 2.15. The second-order valence-electron chi connectivity index (χ2n) is 4.04. The van der Waals surface area contributed by atoms with Gasteiger partial charge < -0.3 is 10.6 Å². The van der Waals surface area contributed by atoms with Crippen LogP contribution < -0.4 is 10.6 Å². The molecule has 0 spiro atoms. The van der Waals surface area contributed by atoms with Crippen LogP contribution in [0.3, 0.4) is 0 Å². The van der Waals surface area contributed by atoms with E-state index >= 15 is 0 Å². The van der Waals surface area contributed by atoms with E-state index in [1.54, 1.807) is 6.92 Å². The van der Waals surface area contributed by atoms with Crippen molar-refractivity contribution >= 4 is 23.4 Å². The largest absolute Gasteiger partial charge is 0.350 e. The molecule has 0 radical (unpaired) electrons. The average Bonchev–Trinajstić information content (AvgIpc) is 2.42. The number of alkyl halides is 1. The number of rotatable bonds is 6. The Morgan fingerprint density at radius 1 is 1.22 bits per heavy atom. The molecule has 2 amide bonds. The molecule has 1 atom stereocenters. The van der Waals surface area contributed by atoms with E-state index in [1.807, 2.05) is 30.3 Å². The molecule has 1 unspecified atom stereocenters. The van der Waals surface area contributed by atoms with E-state index in [9.17, 15) is 9.59 Å². The van der Waals surface area contributed by atoms with Gasteiger partial charge in [0, 0.05) is 18.3 Å². The van der Waals surface area contributed by atoms with Crippen molar-refractivity contribution in [3.8, 4) is 0 Å². The first-order valence-corrected chi connectivity index (χ1v) is 6.31. The maximum absolute atomic E-state index is 11.5. The minimum atomic E-state index is -0.284. The number of benzene rings is 1.